The summed E-state index contributed by atoms with van der Waals surface area (Å²) in [6.07, 6.45) is 0. The van der Waals surface area contributed by atoms with Crippen molar-refractivity contribution in [1.82, 2.24) is 5.32 Å². The van der Waals surface area contributed by atoms with Gasteiger partial charge in [-0.25, -0.2) is 8.78 Å². The molecule has 0 spiro atoms. The minimum Gasteiger partial charge on any atom is -0.306 e. The van der Waals surface area contributed by atoms with Gasteiger partial charge in [0.25, 0.3) is 0 Å². The molecule has 0 saturated carbocycles. The molecular weight excluding hydrogens is 256 g/mol. The summed E-state index contributed by atoms with van der Waals surface area (Å²) in [6.45, 7) is 4.79. The summed E-state index contributed by atoms with van der Waals surface area (Å²) >= 11 is 0. The van der Waals surface area contributed by atoms with E-state index in [0.717, 1.165) is 11.1 Å². The molecule has 0 saturated heterocycles. The highest BCUT2D eigenvalue weighted by molar-refractivity contribution is 5.21. The molecule has 1 atom stereocenters. The Morgan fingerprint density at radius 3 is 2.25 bits per heavy atom. The monoisotopic (exact) mass is 275 g/mol. The third-order valence-electron chi connectivity index (χ3n) is 3.31. The summed E-state index contributed by atoms with van der Waals surface area (Å²) in [5, 5.41) is 3.41. The Morgan fingerprint density at radius 1 is 0.950 bits per heavy atom. The first-order valence-electron chi connectivity index (χ1n) is 6.79. The molecule has 0 aliphatic heterocycles. The second kappa shape index (κ2) is 6.62. The van der Waals surface area contributed by atoms with Crippen molar-refractivity contribution in [2.45, 2.75) is 26.4 Å². The molecule has 20 heavy (non-hydrogen) atoms. The van der Waals surface area contributed by atoms with Crippen LogP contribution in [0, 0.1) is 17.6 Å². The number of benzene rings is 2. The fourth-order valence-electron chi connectivity index (χ4n) is 2.28. The number of halogens is 2. The Morgan fingerprint density at radius 2 is 1.65 bits per heavy atom. The van der Waals surface area contributed by atoms with E-state index in [4.69, 9.17) is 0 Å². The molecule has 0 radical (unpaired) electrons. The summed E-state index contributed by atoms with van der Waals surface area (Å²) in [4.78, 5) is 0. The van der Waals surface area contributed by atoms with Crippen LogP contribution in [-0.2, 0) is 6.54 Å². The zero-order valence-corrected chi connectivity index (χ0v) is 11.7. The molecular formula is C17H19F2N. The van der Waals surface area contributed by atoms with Gasteiger partial charge < -0.3 is 5.32 Å². The summed E-state index contributed by atoms with van der Waals surface area (Å²) in [7, 11) is 0. The van der Waals surface area contributed by atoms with E-state index in [-0.39, 0.29) is 17.7 Å². The molecule has 0 bridgehead atoms. The van der Waals surface area contributed by atoms with Crippen molar-refractivity contribution in [3.8, 4) is 0 Å². The minimum absolute atomic E-state index is 0.110. The minimum atomic E-state index is -0.235. The molecule has 0 amide bonds. The largest absolute Gasteiger partial charge is 0.306 e. The average Bonchev–Trinajstić information content (AvgIpc) is 2.41. The first kappa shape index (κ1) is 14.7. The molecule has 2 rings (SSSR count). The van der Waals surface area contributed by atoms with E-state index in [1.54, 1.807) is 18.2 Å². The molecule has 0 aromatic heterocycles. The summed E-state index contributed by atoms with van der Waals surface area (Å²) in [5.74, 6) is -0.109. The third kappa shape index (κ3) is 3.87. The van der Waals surface area contributed by atoms with Gasteiger partial charge in [0.15, 0.2) is 0 Å². The quantitative estimate of drug-likeness (QED) is 0.850. The van der Waals surface area contributed by atoms with Crippen molar-refractivity contribution in [2.75, 3.05) is 0 Å². The van der Waals surface area contributed by atoms with Crippen LogP contribution in [0.5, 0.6) is 0 Å². The molecule has 0 heterocycles. The maximum atomic E-state index is 13.1. The molecule has 0 fully saturated rings. The second-order valence-corrected chi connectivity index (χ2v) is 5.28. The van der Waals surface area contributed by atoms with Crippen molar-refractivity contribution in [3.05, 3.63) is 71.3 Å². The van der Waals surface area contributed by atoms with Crippen LogP contribution in [0.1, 0.15) is 31.0 Å². The van der Waals surface area contributed by atoms with E-state index in [0.29, 0.717) is 12.5 Å². The van der Waals surface area contributed by atoms with Gasteiger partial charge in [-0.2, -0.15) is 0 Å². The number of hydrogen-bond acceptors (Lipinski definition) is 1. The fraction of sp³-hybridized carbons (Fsp3) is 0.294. The van der Waals surface area contributed by atoms with E-state index in [1.807, 2.05) is 6.07 Å². The van der Waals surface area contributed by atoms with Gasteiger partial charge in [-0.15, -0.1) is 0 Å². The van der Waals surface area contributed by atoms with Crippen LogP contribution in [0.3, 0.4) is 0 Å². The highest BCUT2D eigenvalue weighted by Gasteiger charge is 2.15. The Hall–Kier alpha value is -1.74. The maximum absolute atomic E-state index is 13.1. The summed E-state index contributed by atoms with van der Waals surface area (Å²) < 4.78 is 26.1. The molecule has 1 N–H and O–H groups in total. The van der Waals surface area contributed by atoms with Crippen molar-refractivity contribution in [2.24, 2.45) is 5.92 Å². The standard InChI is InChI=1S/C17H19F2N/c1-12(2)17(14-6-8-15(18)9-7-14)20-11-13-4-3-5-16(19)10-13/h3-10,12,17,20H,11H2,1-2H3. The van der Waals surface area contributed by atoms with Crippen molar-refractivity contribution < 1.29 is 8.78 Å². The Bertz CT molecular complexity index is 549. The van der Waals surface area contributed by atoms with Crippen LogP contribution in [-0.4, -0.2) is 0 Å². The maximum Gasteiger partial charge on any atom is 0.123 e. The Labute approximate surface area is 118 Å². The first-order chi connectivity index (χ1) is 9.56. The van der Waals surface area contributed by atoms with E-state index in [2.05, 4.69) is 19.2 Å². The van der Waals surface area contributed by atoms with Gasteiger partial charge in [-0.3, -0.25) is 0 Å². The topological polar surface area (TPSA) is 12.0 Å². The van der Waals surface area contributed by atoms with Gasteiger partial charge in [0.1, 0.15) is 11.6 Å². The lowest BCUT2D eigenvalue weighted by Crippen LogP contribution is -2.25. The van der Waals surface area contributed by atoms with Gasteiger partial charge in [-0.05, 0) is 41.3 Å². The van der Waals surface area contributed by atoms with Crippen molar-refractivity contribution in [1.29, 1.82) is 0 Å². The zero-order valence-electron chi connectivity index (χ0n) is 11.7. The number of nitrogens with one attached hydrogen (secondary N) is 1. The van der Waals surface area contributed by atoms with Crippen molar-refractivity contribution in [3.63, 3.8) is 0 Å². The lowest BCUT2D eigenvalue weighted by Gasteiger charge is -2.23. The highest BCUT2D eigenvalue weighted by atomic mass is 19.1. The SMILES string of the molecule is CC(C)C(NCc1cccc(F)c1)c1ccc(F)cc1. The highest BCUT2D eigenvalue weighted by Crippen LogP contribution is 2.22. The predicted octanol–water partition coefficient (Wildman–Crippen LogP) is 4.45. The third-order valence-corrected chi connectivity index (χ3v) is 3.31. The number of hydrogen-bond donors (Lipinski definition) is 1. The fourth-order valence-corrected chi connectivity index (χ4v) is 2.28. The molecule has 106 valence electrons. The van der Waals surface area contributed by atoms with Crippen molar-refractivity contribution >= 4 is 0 Å². The van der Waals surface area contributed by atoms with Gasteiger partial charge in [0.2, 0.25) is 0 Å². The van der Waals surface area contributed by atoms with Gasteiger partial charge in [-0.1, -0.05) is 38.1 Å². The molecule has 1 unspecified atom stereocenters. The summed E-state index contributed by atoms with van der Waals surface area (Å²) in [6, 6.07) is 13.2. The normalized spacial score (nSPS) is 12.7. The van der Waals surface area contributed by atoms with Crippen LogP contribution < -0.4 is 5.32 Å². The second-order valence-electron chi connectivity index (χ2n) is 5.28. The smallest absolute Gasteiger partial charge is 0.123 e. The summed E-state index contributed by atoms with van der Waals surface area (Å²) in [5.41, 5.74) is 1.94. The molecule has 0 aliphatic rings. The van der Waals surface area contributed by atoms with E-state index >= 15 is 0 Å². The van der Waals surface area contributed by atoms with Crippen LogP contribution in [0.4, 0.5) is 8.78 Å². The first-order valence-corrected chi connectivity index (χ1v) is 6.79. The van der Waals surface area contributed by atoms with Gasteiger partial charge in [0.05, 0.1) is 0 Å². The molecule has 3 heteroatoms. The number of rotatable bonds is 5. The van der Waals surface area contributed by atoms with E-state index in [9.17, 15) is 8.78 Å². The van der Waals surface area contributed by atoms with Crippen LogP contribution in [0.2, 0.25) is 0 Å². The van der Waals surface area contributed by atoms with Crippen LogP contribution >= 0.6 is 0 Å². The van der Waals surface area contributed by atoms with Crippen LogP contribution in [0.15, 0.2) is 48.5 Å². The molecule has 1 nitrogen and oxygen atoms in total. The molecule has 2 aromatic rings. The lowest BCUT2D eigenvalue weighted by molar-refractivity contribution is 0.409. The van der Waals surface area contributed by atoms with E-state index < -0.39 is 0 Å². The Kier molecular flexibility index (Phi) is 4.85. The van der Waals surface area contributed by atoms with Crippen LogP contribution in [0.25, 0.3) is 0 Å². The zero-order chi connectivity index (χ0) is 14.5. The predicted molar refractivity (Wildman–Crippen MR) is 77.2 cm³/mol. The molecule has 0 aliphatic carbocycles. The van der Waals surface area contributed by atoms with Gasteiger partial charge in [0, 0.05) is 12.6 Å². The average molecular weight is 275 g/mol. The van der Waals surface area contributed by atoms with Gasteiger partial charge >= 0.3 is 0 Å². The van der Waals surface area contributed by atoms with E-state index in [1.165, 1.54) is 24.3 Å². The molecule has 2 aromatic carbocycles. The Balaban J connectivity index is 2.08. The lowest BCUT2D eigenvalue weighted by atomic mass is 9.95.